The summed E-state index contributed by atoms with van der Waals surface area (Å²) in [5.41, 5.74) is 0.597. The van der Waals surface area contributed by atoms with Gasteiger partial charge in [-0.25, -0.2) is 14.3 Å². The third-order valence-electron chi connectivity index (χ3n) is 5.82. The number of aromatic nitrogens is 4. The molecule has 0 amide bonds. The first-order valence-electron chi connectivity index (χ1n) is 10.6. The van der Waals surface area contributed by atoms with Crippen LogP contribution in [0.1, 0.15) is 39.2 Å². The molecule has 0 spiro atoms. The SMILES string of the molecule is Cc1ccccc1-n1c(=O)n(C[C@H]2CCCO2)c(=O)c2c1ncn2CC(=O)C(C)(C)C. The highest BCUT2D eigenvalue weighted by molar-refractivity contribution is 5.85. The molecule has 31 heavy (non-hydrogen) atoms. The van der Waals surface area contributed by atoms with Gasteiger partial charge in [-0.15, -0.1) is 0 Å². The van der Waals surface area contributed by atoms with Crippen molar-refractivity contribution in [3.8, 4) is 5.69 Å². The molecular weight excluding hydrogens is 396 g/mol. The maximum absolute atomic E-state index is 13.5. The molecule has 8 heteroatoms. The number of hydrogen-bond acceptors (Lipinski definition) is 5. The van der Waals surface area contributed by atoms with E-state index in [4.69, 9.17) is 4.74 Å². The molecule has 0 unspecified atom stereocenters. The predicted octanol–water partition coefficient (Wildman–Crippen LogP) is 2.45. The molecule has 1 aliphatic heterocycles. The minimum absolute atomic E-state index is 0.0150. The highest BCUT2D eigenvalue weighted by atomic mass is 16.5. The van der Waals surface area contributed by atoms with Crippen molar-refractivity contribution in [1.29, 1.82) is 0 Å². The molecule has 4 rings (SSSR count). The van der Waals surface area contributed by atoms with Gasteiger partial charge in [0.1, 0.15) is 0 Å². The van der Waals surface area contributed by atoms with Gasteiger partial charge in [0.25, 0.3) is 5.56 Å². The number of ether oxygens (including phenoxy) is 1. The predicted molar refractivity (Wildman–Crippen MR) is 118 cm³/mol. The Labute approximate surface area is 180 Å². The normalized spacial score (nSPS) is 16.8. The first kappa shape index (κ1) is 21.2. The number of carbonyl (C=O) groups excluding carboxylic acids is 1. The Morgan fingerprint density at radius 1 is 1.23 bits per heavy atom. The number of para-hydroxylation sites is 1. The maximum Gasteiger partial charge on any atom is 0.337 e. The average molecular weight is 425 g/mol. The average Bonchev–Trinajstić information content (AvgIpc) is 3.36. The Hall–Kier alpha value is -3.00. The Morgan fingerprint density at radius 2 is 1.97 bits per heavy atom. The summed E-state index contributed by atoms with van der Waals surface area (Å²) in [4.78, 5) is 44.0. The number of hydrogen-bond donors (Lipinski definition) is 0. The van der Waals surface area contributed by atoms with Gasteiger partial charge in [-0.05, 0) is 31.4 Å². The van der Waals surface area contributed by atoms with Crippen molar-refractivity contribution < 1.29 is 9.53 Å². The highest BCUT2D eigenvalue weighted by Crippen LogP contribution is 2.20. The molecule has 1 aliphatic rings. The zero-order valence-corrected chi connectivity index (χ0v) is 18.4. The molecule has 164 valence electrons. The highest BCUT2D eigenvalue weighted by Gasteiger charge is 2.26. The van der Waals surface area contributed by atoms with Crippen molar-refractivity contribution in [2.45, 2.75) is 59.7 Å². The number of rotatable bonds is 5. The summed E-state index contributed by atoms with van der Waals surface area (Å²) >= 11 is 0. The number of ketones is 1. The molecule has 1 atom stereocenters. The van der Waals surface area contributed by atoms with Crippen LogP contribution in [0.3, 0.4) is 0 Å². The molecule has 2 aromatic heterocycles. The van der Waals surface area contributed by atoms with Crippen molar-refractivity contribution in [1.82, 2.24) is 18.7 Å². The largest absolute Gasteiger partial charge is 0.376 e. The van der Waals surface area contributed by atoms with Crippen LogP contribution in [0.15, 0.2) is 40.2 Å². The van der Waals surface area contributed by atoms with Crippen molar-refractivity contribution in [2.24, 2.45) is 5.41 Å². The number of benzene rings is 1. The van der Waals surface area contributed by atoms with E-state index < -0.39 is 16.7 Å². The first-order chi connectivity index (χ1) is 14.7. The lowest BCUT2D eigenvalue weighted by Gasteiger charge is -2.18. The zero-order valence-electron chi connectivity index (χ0n) is 18.4. The fourth-order valence-corrected chi connectivity index (χ4v) is 3.88. The number of nitrogens with zero attached hydrogens (tertiary/aromatic N) is 4. The van der Waals surface area contributed by atoms with E-state index in [0.29, 0.717) is 12.3 Å². The fraction of sp³-hybridized carbons (Fsp3) is 0.478. The third-order valence-corrected chi connectivity index (χ3v) is 5.82. The molecule has 8 nitrogen and oxygen atoms in total. The molecule has 1 saturated heterocycles. The fourth-order valence-electron chi connectivity index (χ4n) is 3.88. The van der Waals surface area contributed by atoms with Crippen LogP contribution in [0.5, 0.6) is 0 Å². The van der Waals surface area contributed by atoms with Crippen LogP contribution in [-0.4, -0.2) is 37.2 Å². The molecule has 0 radical (unpaired) electrons. The van der Waals surface area contributed by atoms with Crippen molar-refractivity contribution >= 4 is 16.9 Å². The Bertz CT molecular complexity index is 1250. The standard InChI is InChI=1S/C23H28N4O4/c1-15-8-5-6-10-17(15)27-20-19(25(14-24-20)13-18(28)23(2,3)4)21(29)26(22(27)30)12-16-9-7-11-31-16/h5-6,8,10,14,16H,7,9,11-13H2,1-4H3/t16-/m1/s1. The summed E-state index contributed by atoms with van der Waals surface area (Å²) in [6, 6.07) is 7.47. The van der Waals surface area contributed by atoms with E-state index in [1.54, 1.807) is 4.57 Å². The number of fused-ring (bicyclic) bond motifs is 1. The lowest BCUT2D eigenvalue weighted by atomic mass is 9.91. The van der Waals surface area contributed by atoms with Gasteiger partial charge < -0.3 is 9.30 Å². The van der Waals surface area contributed by atoms with E-state index in [1.807, 2.05) is 52.0 Å². The molecule has 0 N–H and O–H groups in total. The van der Waals surface area contributed by atoms with Crippen molar-refractivity contribution in [3.05, 3.63) is 57.0 Å². The van der Waals surface area contributed by atoms with E-state index in [-0.39, 0.29) is 36.1 Å². The molecule has 3 aromatic rings. The summed E-state index contributed by atoms with van der Waals surface area (Å²) in [5, 5.41) is 0. The van der Waals surface area contributed by atoms with Crippen LogP contribution in [-0.2, 0) is 22.6 Å². The van der Waals surface area contributed by atoms with E-state index in [9.17, 15) is 14.4 Å². The molecule has 0 aliphatic carbocycles. The molecule has 0 bridgehead atoms. The Kier molecular flexibility index (Phi) is 5.43. The molecule has 1 fully saturated rings. The van der Waals surface area contributed by atoms with E-state index in [0.717, 1.165) is 18.4 Å². The summed E-state index contributed by atoms with van der Waals surface area (Å²) < 4.78 is 9.94. The summed E-state index contributed by atoms with van der Waals surface area (Å²) in [5.74, 6) is -0.0227. The Balaban J connectivity index is 1.97. The van der Waals surface area contributed by atoms with Crippen LogP contribution in [0.2, 0.25) is 0 Å². The smallest absolute Gasteiger partial charge is 0.337 e. The number of carbonyl (C=O) groups is 1. The van der Waals surface area contributed by atoms with E-state index >= 15 is 0 Å². The van der Waals surface area contributed by atoms with Crippen LogP contribution in [0.4, 0.5) is 0 Å². The van der Waals surface area contributed by atoms with Gasteiger partial charge in [-0.2, -0.15) is 0 Å². The van der Waals surface area contributed by atoms with E-state index in [2.05, 4.69) is 4.98 Å². The van der Waals surface area contributed by atoms with Gasteiger partial charge in [-0.1, -0.05) is 39.0 Å². The maximum atomic E-state index is 13.5. The minimum atomic E-state index is -0.558. The monoisotopic (exact) mass is 424 g/mol. The van der Waals surface area contributed by atoms with Crippen LogP contribution < -0.4 is 11.2 Å². The lowest BCUT2D eigenvalue weighted by molar-refractivity contribution is -0.126. The van der Waals surface area contributed by atoms with Crippen LogP contribution >= 0.6 is 0 Å². The second-order valence-electron chi connectivity index (χ2n) is 9.17. The molecule has 1 aromatic carbocycles. The van der Waals surface area contributed by atoms with Gasteiger partial charge in [-0.3, -0.25) is 14.2 Å². The quantitative estimate of drug-likeness (QED) is 0.628. The number of imidazole rings is 1. The van der Waals surface area contributed by atoms with Crippen molar-refractivity contribution in [2.75, 3.05) is 6.61 Å². The Morgan fingerprint density at radius 3 is 2.61 bits per heavy atom. The van der Waals surface area contributed by atoms with Crippen LogP contribution in [0.25, 0.3) is 16.9 Å². The number of aryl methyl sites for hydroxylation is 1. The first-order valence-corrected chi connectivity index (χ1v) is 10.6. The second kappa shape index (κ2) is 7.92. The summed E-state index contributed by atoms with van der Waals surface area (Å²) in [7, 11) is 0. The van der Waals surface area contributed by atoms with Gasteiger partial charge >= 0.3 is 5.69 Å². The summed E-state index contributed by atoms with van der Waals surface area (Å²) in [6.45, 7) is 8.25. The molecule has 0 saturated carbocycles. The zero-order chi connectivity index (χ0) is 22.3. The lowest BCUT2D eigenvalue weighted by Crippen LogP contribution is -2.42. The topological polar surface area (TPSA) is 88.1 Å². The van der Waals surface area contributed by atoms with Gasteiger partial charge in [0.15, 0.2) is 16.9 Å². The number of Topliss-reactive ketones (excluding diaryl/α,β-unsaturated/α-hetero) is 1. The van der Waals surface area contributed by atoms with Gasteiger partial charge in [0.05, 0.1) is 31.2 Å². The molecular formula is C23H28N4O4. The van der Waals surface area contributed by atoms with Gasteiger partial charge in [0.2, 0.25) is 0 Å². The van der Waals surface area contributed by atoms with E-state index in [1.165, 1.54) is 15.5 Å². The van der Waals surface area contributed by atoms with Crippen molar-refractivity contribution in [3.63, 3.8) is 0 Å². The van der Waals surface area contributed by atoms with Gasteiger partial charge in [0, 0.05) is 12.0 Å². The minimum Gasteiger partial charge on any atom is -0.376 e. The van der Waals surface area contributed by atoms with Crippen LogP contribution in [0, 0.1) is 12.3 Å². The molecule has 3 heterocycles. The third kappa shape index (κ3) is 3.87. The summed E-state index contributed by atoms with van der Waals surface area (Å²) in [6.07, 6.45) is 3.00. The second-order valence-corrected chi connectivity index (χ2v) is 9.17.